The van der Waals surface area contributed by atoms with Gasteiger partial charge < -0.3 is 9.80 Å². The van der Waals surface area contributed by atoms with Gasteiger partial charge in [-0.3, -0.25) is 4.79 Å². The first-order chi connectivity index (χ1) is 8.11. The minimum absolute atomic E-state index is 0.533. The molecule has 0 aromatic heterocycles. The molecular formula is C13H17ClN2O. The predicted octanol–water partition coefficient (Wildman–Crippen LogP) is 2.29. The molecule has 17 heavy (non-hydrogen) atoms. The molecule has 4 heteroatoms. The molecule has 0 spiro atoms. The SMILES string of the molecule is CN(C)C1CCN(c2ccc(C=O)c(Cl)c2)C1. The van der Waals surface area contributed by atoms with E-state index in [1.54, 1.807) is 6.07 Å². The number of rotatable bonds is 3. The van der Waals surface area contributed by atoms with Crippen LogP contribution >= 0.6 is 11.6 Å². The summed E-state index contributed by atoms with van der Waals surface area (Å²) in [6.07, 6.45) is 1.96. The van der Waals surface area contributed by atoms with Gasteiger partial charge in [-0.2, -0.15) is 0 Å². The highest BCUT2D eigenvalue weighted by Gasteiger charge is 2.24. The number of nitrogens with zero attached hydrogens (tertiary/aromatic N) is 2. The summed E-state index contributed by atoms with van der Waals surface area (Å²) in [6, 6.07) is 6.23. The monoisotopic (exact) mass is 252 g/mol. The van der Waals surface area contributed by atoms with Crippen molar-refractivity contribution in [2.24, 2.45) is 0 Å². The lowest BCUT2D eigenvalue weighted by Crippen LogP contribution is -2.31. The molecule has 1 saturated heterocycles. The van der Waals surface area contributed by atoms with Gasteiger partial charge in [0.2, 0.25) is 0 Å². The molecule has 1 atom stereocenters. The number of aldehydes is 1. The van der Waals surface area contributed by atoms with Gasteiger partial charge in [-0.15, -0.1) is 0 Å². The van der Waals surface area contributed by atoms with Gasteiger partial charge in [-0.25, -0.2) is 0 Å². The molecular weight excluding hydrogens is 236 g/mol. The summed E-state index contributed by atoms with van der Waals surface area (Å²) in [5.74, 6) is 0. The lowest BCUT2D eigenvalue weighted by molar-refractivity contribution is 0.112. The fourth-order valence-corrected chi connectivity index (χ4v) is 2.43. The highest BCUT2D eigenvalue weighted by Crippen LogP contribution is 2.26. The molecule has 1 unspecified atom stereocenters. The first-order valence-electron chi connectivity index (χ1n) is 5.78. The minimum Gasteiger partial charge on any atom is -0.370 e. The van der Waals surface area contributed by atoms with Gasteiger partial charge in [-0.1, -0.05) is 11.6 Å². The third-order valence-electron chi connectivity index (χ3n) is 3.37. The normalized spacial score (nSPS) is 20.0. The van der Waals surface area contributed by atoms with Gasteiger partial charge in [0.05, 0.1) is 5.02 Å². The van der Waals surface area contributed by atoms with Crippen LogP contribution in [0.25, 0.3) is 0 Å². The fraction of sp³-hybridized carbons (Fsp3) is 0.462. The average molecular weight is 253 g/mol. The maximum absolute atomic E-state index is 10.7. The zero-order chi connectivity index (χ0) is 12.4. The summed E-state index contributed by atoms with van der Waals surface area (Å²) in [5.41, 5.74) is 1.66. The molecule has 2 rings (SSSR count). The Kier molecular flexibility index (Phi) is 3.69. The van der Waals surface area contributed by atoms with Crippen LogP contribution in [0, 0.1) is 0 Å². The molecule has 1 aliphatic heterocycles. The van der Waals surface area contributed by atoms with Crippen molar-refractivity contribution in [1.82, 2.24) is 4.90 Å². The number of hydrogen-bond acceptors (Lipinski definition) is 3. The van der Waals surface area contributed by atoms with Crippen molar-refractivity contribution in [3.8, 4) is 0 Å². The van der Waals surface area contributed by atoms with E-state index >= 15 is 0 Å². The van der Waals surface area contributed by atoms with Crippen LogP contribution in [0.2, 0.25) is 5.02 Å². The van der Waals surface area contributed by atoms with Gasteiger partial charge in [0.15, 0.2) is 6.29 Å². The van der Waals surface area contributed by atoms with Crippen LogP contribution < -0.4 is 4.90 Å². The topological polar surface area (TPSA) is 23.6 Å². The van der Waals surface area contributed by atoms with Gasteiger partial charge in [0.25, 0.3) is 0 Å². The molecule has 1 aromatic carbocycles. The minimum atomic E-state index is 0.533. The van der Waals surface area contributed by atoms with Crippen molar-refractivity contribution in [1.29, 1.82) is 0 Å². The zero-order valence-electron chi connectivity index (χ0n) is 10.2. The van der Waals surface area contributed by atoms with Gasteiger partial charge in [0, 0.05) is 30.4 Å². The van der Waals surface area contributed by atoms with E-state index in [4.69, 9.17) is 11.6 Å². The van der Waals surface area contributed by atoms with Gasteiger partial charge in [0.1, 0.15) is 0 Å². The second-order valence-electron chi connectivity index (χ2n) is 4.68. The van der Waals surface area contributed by atoms with Gasteiger partial charge in [-0.05, 0) is 38.7 Å². The lowest BCUT2D eigenvalue weighted by atomic mass is 10.2. The summed E-state index contributed by atoms with van der Waals surface area (Å²) in [7, 11) is 4.22. The molecule has 1 fully saturated rings. The lowest BCUT2D eigenvalue weighted by Gasteiger charge is -2.22. The molecule has 1 aliphatic rings. The van der Waals surface area contributed by atoms with Crippen LogP contribution in [-0.2, 0) is 0 Å². The van der Waals surface area contributed by atoms with Crippen molar-refractivity contribution in [3.05, 3.63) is 28.8 Å². The molecule has 92 valence electrons. The van der Waals surface area contributed by atoms with E-state index in [0.29, 0.717) is 16.6 Å². The zero-order valence-corrected chi connectivity index (χ0v) is 10.9. The summed E-state index contributed by atoms with van der Waals surface area (Å²) in [4.78, 5) is 15.3. The van der Waals surface area contributed by atoms with Crippen molar-refractivity contribution in [3.63, 3.8) is 0 Å². The van der Waals surface area contributed by atoms with Crippen LogP contribution in [0.5, 0.6) is 0 Å². The number of benzene rings is 1. The molecule has 0 saturated carbocycles. The summed E-state index contributed by atoms with van der Waals surface area (Å²) in [6.45, 7) is 2.06. The summed E-state index contributed by atoms with van der Waals surface area (Å²) in [5, 5.41) is 0.533. The number of likely N-dealkylation sites (N-methyl/N-ethyl adjacent to an activating group) is 1. The Morgan fingerprint density at radius 3 is 2.76 bits per heavy atom. The molecule has 0 aliphatic carbocycles. The van der Waals surface area contributed by atoms with E-state index in [0.717, 1.165) is 25.1 Å². The van der Waals surface area contributed by atoms with E-state index in [2.05, 4.69) is 23.9 Å². The van der Waals surface area contributed by atoms with Crippen molar-refractivity contribution in [2.45, 2.75) is 12.5 Å². The maximum atomic E-state index is 10.7. The smallest absolute Gasteiger partial charge is 0.151 e. The number of anilines is 1. The molecule has 1 heterocycles. The van der Waals surface area contributed by atoms with E-state index in [9.17, 15) is 4.79 Å². The van der Waals surface area contributed by atoms with Crippen LogP contribution in [0.3, 0.4) is 0 Å². The van der Waals surface area contributed by atoms with E-state index in [-0.39, 0.29) is 0 Å². The second kappa shape index (κ2) is 5.07. The van der Waals surface area contributed by atoms with E-state index in [1.165, 1.54) is 6.42 Å². The quantitative estimate of drug-likeness (QED) is 0.772. The first-order valence-corrected chi connectivity index (χ1v) is 6.15. The standard InChI is InChI=1S/C13H17ClN2O/c1-15(2)12-5-6-16(8-12)11-4-3-10(9-17)13(14)7-11/h3-4,7,9,12H,5-6,8H2,1-2H3. The highest BCUT2D eigenvalue weighted by molar-refractivity contribution is 6.33. The van der Waals surface area contributed by atoms with Crippen LogP contribution in [0.4, 0.5) is 5.69 Å². The number of halogens is 1. The van der Waals surface area contributed by atoms with Crippen LogP contribution in [-0.4, -0.2) is 44.4 Å². The molecule has 0 radical (unpaired) electrons. The average Bonchev–Trinajstić information content (AvgIpc) is 2.78. The summed E-state index contributed by atoms with van der Waals surface area (Å²) >= 11 is 6.04. The van der Waals surface area contributed by atoms with E-state index in [1.807, 2.05) is 12.1 Å². The molecule has 1 aromatic rings. The van der Waals surface area contributed by atoms with Crippen LogP contribution in [0.1, 0.15) is 16.8 Å². The van der Waals surface area contributed by atoms with Crippen molar-refractivity contribution >= 4 is 23.6 Å². The Morgan fingerprint density at radius 2 is 2.24 bits per heavy atom. The maximum Gasteiger partial charge on any atom is 0.151 e. The predicted molar refractivity (Wildman–Crippen MR) is 71.1 cm³/mol. The van der Waals surface area contributed by atoms with Crippen molar-refractivity contribution < 1.29 is 4.79 Å². The van der Waals surface area contributed by atoms with Gasteiger partial charge >= 0.3 is 0 Å². The first kappa shape index (κ1) is 12.4. The third kappa shape index (κ3) is 2.61. The fourth-order valence-electron chi connectivity index (χ4n) is 2.21. The molecule has 3 nitrogen and oxygen atoms in total. The number of carbonyl (C=O) groups excluding carboxylic acids is 1. The van der Waals surface area contributed by atoms with E-state index < -0.39 is 0 Å². The highest BCUT2D eigenvalue weighted by atomic mass is 35.5. The van der Waals surface area contributed by atoms with Crippen LogP contribution in [0.15, 0.2) is 18.2 Å². The van der Waals surface area contributed by atoms with Crippen molar-refractivity contribution in [2.75, 3.05) is 32.1 Å². The number of carbonyl (C=O) groups is 1. The Morgan fingerprint density at radius 1 is 1.47 bits per heavy atom. The Hall–Kier alpha value is -1.06. The molecule has 0 N–H and O–H groups in total. The molecule has 0 bridgehead atoms. The Balaban J connectivity index is 2.14. The number of hydrogen-bond donors (Lipinski definition) is 0. The molecule has 0 amide bonds. The Labute approximate surface area is 107 Å². The summed E-state index contributed by atoms with van der Waals surface area (Å²) < 4.78 is 0. The second-order valence-corrected chi connectivity index (χ2v) is 5.08. The third-order valence-corrected chi connectivity index (χ3v) is 3.70. The Bertz CT molecular complexity index is 420. The largest absolute Gasteiger partial charge is 0.370 e.